The minimum Gasteiger partial charge on any atom is -0.371 e. The Kier molecular flexibility index (Phi) is 4.97. The fourth-order valence-corrected chi connectivity index (χ4v) is 4.66. The van der Waals surface area contributed by atoms with Crippen LogP contribution in [0.3, 0.4) is 0 Å². The zero-order valence-corrected chi connectivity index (χ0v) is 18.8. The average molecular weight is 426 g/mol. The fourth-order valence-electron chi connectivity index (χ4n) is 4.66. The molecule has 5 rings (SSSR count). The zero-order valence-electron chi connectivity index (χ0n) is 18.8. The molecule has 6 heteroatoms. The molecule has 0 saturated carbocycles. The number of hydrogen-bond donors (Lipinski definition) is 1. The lowest BCUT2D eigenvalue weighted by molar-refractivity contribution is 0.0601. The predicted octanol–water partition coefficient (Wildman–Crippen LogP) is 4.32. The molecule has 0 aliphatic carbocycles. The smallest absolute Gasteiger partial charge is 0.254 e. The van der Waals surface area contributed by atoms with Crippen LogP contribution in [0.4, 0.5) is 5.69 Å². The summed E-state index contributed by atoms with van der Waals surface area (Å²) in [6.45, 7) is 9.52. The number of amides is 1. The van der Waals surface area contributed by atoms with Gasteiger partial charge in [-0.3, -0.25) is 4.79 Å². The molecule has 162 valence electrons. The standard InChI is InChI=1S/C26H27N5O/c1-16-11-24(30-9-4-10-30)23(25-17(2)28-18(3)29-25)12-22(16)26(32)31-14-21(15-31)20-7-5-19(13-27)6-8-20/h5-8,11-12,21H,4,9-10,14-15H2,1-3H3,(H,28,29). The third-order valence-corrected chi connectivity index (χ3v) is 6.71. The Labute approximate surface area is 188 Å². The lowest BCUT2D eigenvalue weighted by atomic mass is 9.89. The average Bonchev–Trinajstić information content (AvgIpc) is 3.04. The van der Waals surface area contributed by atoms with Crippen molar-refractivity contribution in [1.82, 2.24) is 14.9 Å². The molecule has 2 aliphatic rings. The lowest BCUT2D eigenvalue weighted by Crippen LogP contribution is -2.48. The summed E-state index contributed by atoms with van der Waals surface area (Å²) in [5.74, 6) is 1.28. The summed E-state index contributed by atoms with van der Waals surface area (Å²) < 4.78 is 0. The van der Waals surface area contributed by atoms with Crippen molar-refractivity contribution in [2.24, 2.45) is 0 Å². The Morgan fingerprint density at radius 2 is 1.84 bits per heavy atom. The van der Waals surface area contributed by atoms with E-state index in [1.807, 2.05) is 56.0 Å². The Morgan fingerprint density at radius 3 is 2.41 bits per heavy atom. The Hall–Kier alpha value is -3.59. The molecule has 2 saturated heterocycles. The van der Waals surface area contributed by atoms with Crippen LogP contribution in [-0.2, 0) is 0 Å². The van der Waals surface area contributed by atoms with Gasteiger partial charge in [0.25, 0.3) is 5.91 Å². The van der Waals surface area contributed by atoms with Gasteiger partial charge in [0, 0.05) is 54.6 Å². The minimum absolute atomic E-state index is 0.0775. The van der Waals surface area contributed by atoms with E-state index in [4.69, 9.17) is 10.2 Å². The van der Waals surface area contributed by atoms with Gasteiger partial charge < -0.3 is 14.8 Å². The fraction of sp³-hybridized carbons (Fsp3) is 0.346. The maximum atomic E-state index is 13.4. The molecule has 2 fully saturated rings. The number of aromatic nitrogens is 2. The number of benzene rings is 2. The van der Waals surface area contributed by atoms with E-state index < -0.39 is 0 Å². The summed E-state index contributed by atoms with van der Waals surface area (Å²) in [5, 5.41) is 8.99. The number of likely N-dealkylation sites (tertiary alicyclic amines) is 1. The maximum absolute atomic E-state index is 13.4. The van der Waals surface area contributed by atoms with Gasteiger partial charge in [0.1, 0.15) is 5.82 Å². The number of carbonyl (C=O) groups excluding carboxylic acids is 1. The van der Waals surface area contributed by atoms with Crippen LogP contribution in [0.25, 0.3) is 11.3 Å². The highest BCUT2D eigenvalue weighted by Gasteiger charge is 2.33. The molecular weight excluding hydrogens is 398 g/mol. The van der Waals surface area contributed by atoms with Crippen LogP contribution in [-0.4, -0.2) is 47.0 Å². The van der Waals surface area contributed by atoms with Crippen molar-refractivity contribution in [1.29, 1.82) is 5.26 Å². The molecule has 0 unspecified atom stereocenters. The topological polar surface area (TPSA) is 76.0 Å². The van der Waals surface area contributed by atoms with Gasteiger partial charge in [-0.25, -0.2) is 4.98 Å². The number of rotatable bonds is 4. The molecule has 0 radical (unpaired) electrons. The van der Waals surface area contributed by atoms with Crippen molar-refractivity contribution < 1.29 is 4.79 Å². The van der Waals surface area contributed by atoms with Crippen LogP contribution in [0.1, 0.15) is 50.9 Å². The second-order valence-electron chi connectivity index (χ2n) is 8.96. The third-order valence-electron chi connectivity index (χ3n) is 6.71. The first-order valence-corrected chi connectivity index (χ1v) is 11.2. The molecule has 0 spiro atoms. The molecule has 1 N–H and O–H groups in total. The van der Waals surface area contributed by atoms with E-state index >= 15 is 0 Å². The summed E-state index contributed by atoms with van der Waals surface area (Å²) in [7, 11) is 0. The number of nitriles is 1. The van der Waals surface area contributed by atoms with Gasteiger partial charge in [-0.15, -0.1) is 0 Å². The number of carbonyl (C=O) groups is 1. The third kappa shape index (κ3) is 3.44. The highest BCUT2D eigenvalue weighted by molar-refractivity contribution is 5.99. The van der Waals surface area contributed by atoms with E-state index in [-0.39, 0.29) is 5.91 Å². The lowest BCUT2D eigenvalue weighted by Gasteiger charge is -2.40. The number of nitrogens with one attached hydrogen (secondary N) is 1. The number of aromatic amines is 1. The molecule has 0 bridgehead atoms. The van der Waals surface area contributed by atoms with Gasteiger partial charge in [0.2, 0.25) is 0 Å². The Bertz CT molecular complexity index is 1220. The van der Waals surface area contributed by atoms with E-state index in [1.54, 1.807) is 0 Å². The molecule has 6 nitrogen and oxygen atoms in total. The van der Waals surface area contributed by atoms with E-state index in [1.165, 1.54) is 17.7 Å². The largest absolute Gasteiger partial charge is 0.371 e. The zero-order chi connectivity index (χ0) is 22.4. The number of H-pyrrole nitrogens is 1. The van der Waals surface area contributed by atoms with Crippen LogP contribution in [0.5, 0.6) is 0 Å². The SMILES string of the molecule is Cc1nc(-c2cc(C(=O)N3CC(c4ccc(C#N)cc4)C3)c(C)cc2N2CCC2)c(C)[nH]1. The molecule has 3 heterocycles. The summed E-state index contributed by atoms with van der Waals surface area (Å²) >= 11 is 0. The Morgan fingerprint density at radius 1 is 1.12 bits per heavy atom. The van der Waals surface area contributed by atoms with Gasteiger partial charge in [-0.1, -0.05) is 12.1 Å². The van der Waals surface area contributed by atoms with Crippen LogP contribution in [0.2, 0.25) is 0 Å². The van der Waals surface area contributed by atoms with Crippen molar-refractivity contribution in [2.45, 2.75) is 33.1 Å². The summed E-state index contributed by atoms with van der Waals surface area (Å²) in [5.41, 5.74) is 7.75. The first kappa shape index (κ1) is 20.3. The highest BCUT2D eigenvalue weighted by Crippen LogP contribution is 2.38. The summed E-state index contributed by atoms with van der Waals surface area (Å²) in [6, 6.07) is 14.0. The van der Waals surface area contributed by atoms with Gasteiger partial charge in [-0.05, 0) is 62.6 Å². The van der Waals surface area contributed by atoms with Gasteiger partial charge in [0.15, 0.2) is 0 Å². The normalized spacial score (nSPS) is 15.8. The van der Waals surface area contributed by atoms with Crippen LogP contribution < -0.4 is 4.90 Å². The van der Waals surface area contributed by atoms with Crippen molar-refractivity contribution in [3.8, 4) is 17.3 Å². The predicted molar refractivity (Wildman–Crippen MR) is 125 cm³/mol. The van der Waals surface area contributed by atoms with Crippen LogP contribution in [0, 0.1) is 32.1 Å². The summed E-state index contributed by atoms with van der Waals surface area (Å²) in [6.07, 6.45) is 1.20. The van der Waals surface area contributed by atoms with Crippen molar-refractivity contribution in [3.63, 3.8) is 0 Å². The second kappa shape index (κ2) is 7.83. The monoisotopic (exact) mass is 425 g/mol. The van der Waals surface area contributed by atoms with Gasteiger partial charge in [0.05, 0.1) is 17.3 Å². The van der Waals surface area contributed by atoms with Crippen molar-refractivity contribution in [2.75, 3.05) is 31.1 Å². The van der Waals surface area contributed by atoms with E-state index in [0.717, 1.165) is 47.0 Å². The van der Waals surface area contributed by atoms with E-state index in [0.29, 0.717) is 24.6 Å². The first-order valence-electron chi connectivity index (χ1n) is 11.2. The molecule has 2 aliphatic heterocycles. The van der Waals surface area contributed by atoms with Crippen molar-refractivity contribution in [3.05, 3.63) is 70.2 Å². The molecule has 3 aromatic rings. The van der Waals surface area contributed by atoms with Crippen LogP contribution in [0.15, 0.2) is 36.4 Å². The minimum atomic E-state index is 0.0775. The quantitative estimate of drug-likeness (QED) is 0.675. The number of hydrogen-bond acceptors (Lipinski definition) is 4. The molecule has 0 atom stereocenters. The van der Waals surface area contributed by atoms with Gasteiger partial charge in [-0.2, -0.15) is 5.26 Å². The van der Waals surface area contributed by atoms with E-state index in [9.17, 15) is 4.79 Å². The van der Waals surface area contributed by atoms with Crippen molar-refractivity contribution >= 4 is 11.6 Å². The molecule has 32 heavy (non-hydrogen) atoms. The number of imidazole rings is 1. The maximum Gasteiger partial charge on any atom is 0.254 e. The number of nitrogens with zero attached hydrogens (tertiary/aromatic N) is 4. The second-order valence-corrected chi connectivity index (χ2v) is 8.96. The van der Waals surface area contributed by atoms with E-state index in [2.05, 4.69) is 22.0 Å². The highest BCUT2D eigenvalue weighted by atomic mass is 16.2. The first-order chi connectivity index (χ1) is 15.4. The number of aryl methyl sites for hydroxylation is 3. The Balaban J connectivity index is 1.42. The van der Waals surface area contributed by atoms with Gasteiger partial charge >= 0.3 is 0 Å². The summed E-state index contributed by atoms with van der Waals surface area (Å²) in [4.78, 5) is 25.7. The number of anilines is 1. The molecular formula is C26H27N5O. The van der Waals surface area contributed by atoms with Crippen LogP contribution >= 0.6 is 0 Å². The molecule has 1 aromatic heterocycles. The molecule has 1 amide bonds. The molecule has 2 aromatic carbocycles.